The van der Waals surface area contributed by atoms with E-state index in [1.807, 2.05) is 18.2 Å². The third-order valence-electron chi connectivity index (χ3n) is 6.43. The van der Waals surface area contributed by atoms with E-state index in [0.717, 1.165) is 66.5 Å². The Morgan fingerprint density at radius 2 is 1.83 bits per heavy atom. The Balaban J connectivity index is 1.31. The molecular weight excluding hydrogens is 396 g/mol. The molecule has 3 heterocycles. The van der Waals surface area contributed by atoms with Crippen molar-refractivity contribution in [2.24, 2.45) is 0 Å². The summed E-state index contributed by atoms with van der Waals surface area (Å²) in [6.07, 6.45) is 4.10. The fourth-order valence-electron chi connectivity index (χ4n) is 4.51. The zero-order chi connectivity index (χ0) is 20.9. The Bertz CT molecular complexity index is 819. The van der Waals surface area contributed by atoms with E-state index in [4.69, 9.17) is 14.5 Å². The van der Waals surface area contributed by atoms with Gasteiger partial charge in [0.1, 0.15) is 16.5 Å². The highest BCUT2D eigenvalue weighted by Crippen LogP contribution is 2.35. The number of methoxy groups -OCH3 is 2. The number of hydrogen-bond acceptors (Lipinski definition) is 7. The molecule has 0 saturated carbocycles. The molecule has 0 spiro atoms. The van der Waals surface area contributed by atoms with Crippen molar-refractivity contribution in [3.8, 4) is 22.1 Å². The van der Waals surface area contributed by atoms with Gasteiger partial charge in [0, 0.05) is 56.8 Å². The molecule has 7 heteroatoms. The lowest BCUT2D eigenvalue weighted by molar-refractivity contribution is 0.0814. The van der Waals surface area contributed by atoms with Gasteiger partial charge in [-0.2, -0.15) is 0 Å². The molecular formula is C23H34N4O2S. The number of benzene rings is 1. The van der Waals surface area contributed by atoms with Gasteiger partial charge in [-0.05, 0) is 38.6 Å². The number of hydrogen-bond donors (Lipinski definition) is 0. The smallest absolute Gasteiger partial charge is 0.132 e. The summed E-state index contributed by atoms with van der Waals surface area (Å²) in [5.74, 6) is 1.60. The van der Waals surface area contributed by atoms with E-state index in [-0.39, 0.29) is 0 Å². The summed E-state index contributed by atoms with van der Waals surface area (Å²) in [4.78, 5) is 12.6. The predicted octanol–water partition coefficient (Wildman–Crippen LogP) is 3.43. The third kappa shape index (κ3) is 5.14. The van der Waals surface area contributed by atoms with Crippen molar-refractivity contribution in [2.75, 3.05) is 60.5 Å². The fraction of sp³-hybridized carbons (Fsp3) is 0.609. The summed E-state index contributed by atoms with van der Waals surface area (Å²) in [7, 11) is 5.65. The summed E-state index contributed by atoms with van der Waals surface area (Å²) in [6, 6.07) is 6.65. The van der Waals surface area contributed by atoms with E-state index < -0.39 is 0 Å². The molecule has 6 nitrogen and oxygen atoms in total. The van der Waals surface area contributed by atoms with Crippen molar-refractivity contribution in [3.05, 3.63) is 29.3 Å². The number of aromatic nitrogens is 1. The summed E-state index contributed by atoms with van der Waals surface area (Å²) in [5.41, 5.74) is 2.17. The second-order valence-electron chi connectivity index (χ2n) is 8.42. The Hall–Kier alpha value is -1.67. The van der Waals surface area contributed by atoms with Gasteiger partial charge in [0.25, 0.3) is 0 Å². The molecule has 0 N–H and O–H groups in total. The van der Waals surface area contributed by atoms with Crippen LogP contribution in [0.2, 0.25) is 0 Å². The van der Waals surface area contributed by atoms with Crippen LogP contribution in [-0.4, -0.2) is 86.3 Å². The number of rotatable bonds is 7. The molecule has 1 aromatic carbocycles. The molecule has 0 aliphatic carbocycles. The molecule has 30 heavy (non-hydrogen) atoms. The maximum atomic E-state index is 5.55. The quantitative estimate of drug-likeness (QED) is 0.670. The average molecular weight is 431 g/mol. The van der Waals surface area contributed by atoms with E-state index in [1.54, 1.807) is 25.6 Å². The van der Waals surface area contributed by atoms with Crippen molar-refractivity contribution >= 4 is 11.3 Å². The minimum Gasteiger partial charge on any atom is -0.497 e. The monoisotopic (exact) mass is 430 g/mol. The molecule has 2 aliphatic rings. The number of nitrogens with zero attached hydrogens (tertiary/aromatic N) is 4. The van der Waals surface area contributed by atoms with E-state index in [9.17, 15) is 0 Å². The first kappa shape index (κ1) is 21.6. The van der Waals surface area contributed by atoms with E-state index in [1.165, 1.54) is 32.4 Å². The van der Waals surface area contributed by atoms with Crippen molar-refractivity contribution in [1.82, 2.24) is 19.7 Å². The Morgan fingerprint density at radius 1 is 1.03 bits per heavy atom. The van der Waals surface area contributed by atoms with Crippen LogP contribution >= 0.6 is 11.3 Å². The van der Waals surface area contributed by atoms with Crippen LogP contribution in [0.5, 0.6) is 11.5 Å². The van der Waals surface area contributed by atoms with Gasteiger partial charge in [0.2, 0.25) is 0 Å². The van der Waals surface area contributed by atoms with Crippen LogP contribution in [0.4, 0.5) is 0 Å². The minimum atomic E-state index is 0.742. The fourth-order valence-corrected chi connectivity index (χ4v) is 5.35. The number of thiazole rings is 1. The maximum Gasteiger partial charge on any atom is 0.132 e. The number of piperidine rings is 1. The van der Waals surface area contributed by atoms with Gasteiger partial charge in [-0.25, -0.2) is 4.98 Å². The number of ether oxygens (including phenoxy) is 2. The van der Waals surface area contributed by atoms with Gasteiger partial charge in [0.15, 0.2) is 0 Å². The molecule has 2 saturated heterocycles. The molecule has 0 bridgehead atoms. The highest BCUT2D eigenvalue weighted by molar-refractivity contribution is 7.13. The summed E-state index contributed by atoms with van der Waals surface area (Å²) in [5, 5.41) is 3.19. The van der Waals surface area contributed by atoms with Crippen LogP contribution in [0.3, 0.4) is 0 Å². The van der Waals surface area contributed by atoms with Crippen LogP contribution < -0.4 is 9.47 Å². The van der Waals surface area contributed by atoms with Crippen LogP contribution in [0.15, 0.2) is 23.6 Å². The molecule has 0 amide bonds. The first-order chi connectivity index (χ1) is 14.7. The molecule has 2 fully saturated rings. The van der Waals surface area contributed by atoms with Crippen molar-refractivity contribution in [1.29, 1.82) is 0 Å². The minimum absolute atomic E-state index is 0.742. The maximum absolute atomic E-state index is 5.55. The number of likely N-dealkylation sites (tertiary alicyclic amines) is 1. The second kappa shape index (κ2) is 10.1. The zero-order valence-corrected chi connectivity index (χ0v) is 19.3. The van der Waals surface area contributed by atoms with E-state index >= 15 is 0 Å². The predicted molar refractivity (Wildman–Crippen MR) is 123 cm³/mol. The van der Waals surface area contributed by atoms with Crippen molar-refractivity contribution in [3.63, 3.8) is 0 Å². The Kier molecular flexibility index (Phi) is 7.25. The third-order valence-corrected chi connectivity index (χ3v) is 7.36. The molecule has 164 valence electrons. The molecule has 1 unspecified atom stereocenters. The molecule has 2 aromatic rings. The standard InChI is InChI=1S/C23H34N4O2S/c1-25-9-5-4-6-19(25)16-27-12-10-26(11-13-27)15-18-17-30-23(24-18)21-8-7-20(28-2)14-22(21)29-3/h7-8,14,17,19H,4-6,9-13,15-16H2,1-3H3. The lowest BCUT2D eigenvalue weighted by atomic mass is 10.0. The van der Waals surface area contributed by atoms with Gasteiger partial charge >= 0.3 is 0 Å². The van der Waals surface area contributed by atoms with Crippen LogP contribution in [0, 0.1) is 0 Å². The van der Waals surface area contributed by atoms with Crippen LogP contribution in [0.1, 0.15) is 25.0 Å². The van der Waals surface area contributed by atoms with Crippen molar-refractivity contribution in [2.45, 2.75) is 31.8 Å². The normalized spacial score (nSPS) is 21.6. The van der Waals surface area contributed by atoms with Gasteiger partial charge in [-0.1, -0.05) is 6.42 Å². The average Bonchev–Trinajstić information content (AvgIpc) is 3.24. The SMILES string of the molecule is COc1ccc(-c2nc(CN3CCN(CC4CCCCN4C)CC3)cs2)c(OC)c1. The molecule has 2 aliphatic heterocycles. The van der Waals surface area contributed by atoms with Crippen molar-refractivity contribution < 1.29 is 9.47 Å². The topological polar surface area (TPSA) is 41.1 Å². The number of piperazine rings is 1. The lowest BCUT2D eigenvalue weighted by Crippen LogP contribution is -2.51. The summed E-state index contributed by atoms with van der Waals surface area (Å²) < 4.78 is 10.9. The van der Waals surface area contributed by atoms with Crippen LogP contribution in [0.25, 0.3) is 10.6 Å². The number of likely N-dealkylation sites (N-methyl/N-ethyl adjacent to an activating group) is 1. The molecule has 1 atom stereocenters. The van der Waals surface area contributed by atoms with Gasteiger partial charge < -0.3 is 14.4 Å². The van der Waals surface area contributed by atoms with Gasteiger partial charge in [0.05, 0.1) is 25.5 Å². The Morgan fingerprint density at radius 3 is 2.57 bits per heavy atom. The van der Waals surface area contributed by atoms with E-state index in [2.05, 4.69) is 27.1 Å². The van der Waals surface area contributed by atoms with E-state index in [0.29, 0.717) is 0 Å². The van der Waals surface area contributed by atoms with Crippen LogP contribution in [-0.2, 0) is 6.54 Å². The molecule has 1 aromatic heterocycles. The Labute approximate surface area is 184 Å². The summed E-state index contributed by atoms with van der Waals surface area (Å²) in [6.45, 7) is 7.97. The summed E-state index contributed by atoms with van der Waals surface area (Å²) >= 11 is 1.68. The zero-order valence-electron chi connectivity index (χ0n) is 18.5. The highest BCUT2D eigenvalue weighted by atomic mass is 32.1. The molecule has 0 radical (unpaired) electrons. The largest absolute Gasteiger partial charge is 0.497 e. The highest BCUT2D eigenvalue weighted by Gasteiger charge is 2.24. The first-order valence-corrected chi connectivity index (χ1v) is 11.9. The van der Waals surface area contributed by atoms with Gasteiger partial charge in [-0.3, -0.25) is 9.80 Å². The molecule has 4 rings (SSSR count). The second-order valence-corrected chi connectivity index (χ2v) is 9.28. The van der Waals surface area contributed by atoms with Gasteiger partial charge in [-0.15, -0.1) is 11.3 Å². The first-order valence-electron chi connectivity index (χ1n) is 11.0. The lowest BCUT2D eigenvalue weighted by Gasteiger charge is -2.40.